The van der Waals surface area contributed by atoms with E-state index >= 15 is 0 Å². The van der Waals surface area contributed by atoms with E-state index in [0.29, 0.717) is 36.0 Å². The highest BCUT2D eigenvalue weighted by Gasteiger charge is 2.53. The fourth-order valence-electron chi connectivity index (χ4n) is 5.07. The Morgan fingerprint density at radius 3 is 2.37 bits per heavy atom. The molecule has 1 amide bonds. The van der Waals surface area contributed by atoms with Crippen molar-refractivity contribution in [2.45, 2.75) is 37.2 Å². The van der Waals surface area contributed by atoms with Crippen LogP contribution in [0.25, 0.3) is 0 Å². The van der Waals surface area contributed by atoms with Crippen molar-refractivity contribution < 1.29 is 36.9 Å². The molecular weight excluding hydrogens is 670 g/mol. The van der Waals surface area contributed by atoms with Gasteiger partial charge in [0.15, 0.2) is 11.6 Å². The number of aliphatic imine (C=N–C) groups is 1. The van der Waals surface area contributed by atoms with Gasteiger partial charge in [-0.3, -0.25) is 10.2 Å². The highest BCUT2D eigenvalue weighted by atomic mass is 79.9. The second-order valence-electron chi connectivity index (χ2n) is 10.7. The summed E-state index contributed by atoms with van der Waals surface area (Å²) >= 11 is 3.43. The third-order valence-electron chi connectivity index (χ3n) is 7.30. The molecule has 0 saturated heterocycles. The van der Waals surface area contributed by atoms with Gasteiger partial charge in [-0.15, -0.1) is 0 Å². The van der Waals surface area contributed by atoms with E-state index in [2.05, 4.69) is 26.8 Å². The fourth-order valence-corrected chi connectivity index (χ4v) is 5.34. The van der Waals surface area contributed by atoms with Gasteiger partial charge in [0.1, 0.15) is 11.6 Å². The lowest BCUT2D eigenvalue weighted by Gasteiger charge is -2.31. The van der Waals surface area contributed by atoms with Crippen LogP contribution in [0.15, 0.2) is 107 Å². The molecule has 240 valence electrons. The van der Waals surface area contributed by atoms with E-state index in [-0.39, 0.29) is 31.0 Å². The third kappa shape index (κ3) is 7.93. The SMILES string of the molecule is O=C(NNCc1cc(F)cc(C(F)(F)F)c1)[C@@]1(Cc2ccc(Br)cc2)N=C(c2ccc(OCCCO)cc2)O[C@H]1c1ccccc1. The Labute approximate surface area is 271 Å². The minimum absolute atomic E-state index is 0.0117. The Kier molecular flexibility index (Phi) is 10.4. The average Bonchev–Trinajstić information content (AvgIpc) is 3.43. The summed E-state index contributed by atoms with van der Waals surface area (Å²) in [7, 11) is 0. The molecule has 4 aromatic carbocycles. The van der Waals surface area contributed by atoms with Crippen LogP contribution < -0.4 is 15.6 Å². The van der Waals surface area contributed by atoms with Gasteiger partial charge in [-0.05, 0) is 71.3 Å². The number of halogens is 5. The largest absolute Gasteiger partial charge is 0.494 e. The number of nitrogens with zero attached hydrogens (tertiary/aromatic N) is 1. The Morgan fingerprint density at radius 1 is 0.978 bits per heavy atom. The second-order valence-corrected chi connectivity index (χ2v) is 11.6. The highest BCUT2D eigenvalue weighted by Crippen LogP contribution is 2.42. The van der Waals surface area contributed by atoms with Gasteiger partial charge >= 0.3 is 6.18 Å². The number of alkyl halides is 3. The van der Waals surface area contributed by atoms with Crippen molar-refractivity contribution in [2.75, 3.05) is 13.2 Å². The number of amides is 1. The van der Waals surface area contributed by atoms with Crippen molar-refractivity contribution in [3.63, 3.8) is 0 Å². The molecule has 0 aromatic heterocycles. The van der Waals surface area contributed by atoms with Crippen molar-refractivity contribution >= 4 is 27.7 Å². The van der Waals surface area contributed by atoms with E-state index in [1.807, 2.05) is 54.6 Å². The van der Waals surface area contributed by atoms with E-state index in [1.165, 1.54) is 0 Å². The predicted molar refractivity (Wildman–Crippen MR) is 167 cm³/mol. The summed E-state index contributed by atoms with van der Waals surface area (Å²) in [4.78, 5) is 19.1. The lowest BCUT2D eigenvalue weighted by Crippen LogP contribution is -2.53. The molecule has 0 radical (unpaired) electrons. The molecule has 3 N–H and O–H groups in total. The predicted octanol–water partition coefficient (Wildman–Crippen LogP) is 6.69. The van der Waals surface area contributed by atoms with E-state index in [1.54, 1.807) is 24.3 Å². The van der Waals surface area contributed by atoms with Crippen molar-refractivity contribution in [1.82, 2.24) is 10.9 Å². The zero-order chi connectivity index (χ0) is 32.7. The zero-order valence-corrected chi connectivity index (χ0v) is 25.9. The minimum Gasteiger partial charge on any atom is -0.494 e. The molecule has 0 bridgehead atoms. The lowest BCUT2D eigenvalue weighted by molar-refractivity contribution is -0.138. The summed E-state index contributed by atoms with van der Waals surface area (Å²) in [6.45, 7) is 0.0733. The molecule has 1 aliphatic rings. The summed E-state index contributed by atoms with van der Waals surface area (Å²) in [6.07, 6.45) is -5.02. The molecule has 1 aliphatic heterocycles. The van der Waals surface area contributed by atoms with Crippen molar-refractivity contribution in [1.29, 1.82) is 0 Å². The number of benzene rings is 4. The van der Waals surface area contributed by atoms with Gasteiger partial charge in [0, 0.05) is 36.0 Å². The third-order valence-corrected chi connectivity index (χ3v) is 7.83. The Balaban J connectivity index is 1.48. The first-order valence-corrected chi connectivity index (χ1v) is 15.2. The number of carbonyl (C=O) groups excluding carboxylic acids is 1. The number of aliphatic hydroxyl groups excluding tert-OH is 1. The summed E-state index contributed by atoms with van der Waals surface area (Å²) in [5, 5.41) is 9.02. The van der Waals surface area contributed by atoms with Gasteiger partial charge in [0.05, 0.1) is 12.2 Å². The van der Waals surface area contributed by atoms with Gasteiger partial charge < -0.3 is 14.6 Å². The topological polar surface area (TPSA) is 92.2 Å². The van der Waals surface area contributed by atoms with E-state index in [4.69, 9.17) is 19.6 Å². The van der Waals surface area contributed by atoms with Gasteiger partial charge in [0.2, 0.25) is 5.90 Å². The molecule has 5 rings (SSSR count). The van der Waals surface area contributed by atoms with E-state index < -0.39 is 35.1 Å². The Morgan fingerprint density at radius 2 is 1.70 bits per heavy atom. The molecule has 1 heterocycles. The maximum atomic E-state index is 14.2. The van der Waals surface area contributed by atoms with Crippen LogP contribution in [0.2, 0.25) is 0 Å². The molecule has 7 nitrogen and oxygen atoms in total. The molecular formula is C34H30BrF4N3O4. The summed E-state index contributed by atoms with van der Waals surface area (Å²) in [6, 6.07) is 25.7. The van der Waals surface area contributed by atoms with E-state index in [0.717, 1.165) is 22.2 Å². The van der Waals surface area contributed by atoms with Crippen LogP contribution in [0.4, 0.5) is 17.6 Å². The van der Waals surface area contributed by atoms with E-state index in [9.17, 15) is 22.4 Å². The van der Waals surface area contributed by atoms with Crippen LogP contribution in [0.5, 0.6) is 5.75 Å². The van der Waals surface area contributed by atoms with Crippen LogP contribution >= 0.6 is 15.9 Å². The molecule has 12 heteroatoms. The minimum atomic E-state index is -4.73. The summed E-state index contributed by atoms with van der Waals surface area (Å²) < 4.78 is 66.7. The van der Waals surface area contributed by atoms with Crippen LogP contribution in [0.3, 0.4) is 0 Å². The molecule has 0 unspecified atom stereocenters. The van der Waals surface area contributed by atoms with Gasteiger partial charge in [0.25, 0.3) is 5.91 Å². The number of aliphatic hydroxyl groups is 1. The molecule has 4 aromatic rings. The first-order valence-electron chi connectivity index (χ1n) is 14.4. The van der Waals surface area contributed by atoms with Crippen LogP contribution in [-0.4, -0.2) is 35.7 Å². The maximum Gasteiger partial charge on any atom is 0.416 e. The highest BCUT2D eigenvalue weighted by molar-refractivity contribution is 9.10. The quantitative estimate of drug-likeness (QED) is 0.0871. The van der Waals surface area contributed by atoms with Crippen LogP contribution in [0, 0.1) is 5.82 Å². The van der Waals surface area contributed by atoms with Crippen molar-refractivity contribution in [3.05, 3.63) is 135 Å². The summed E-state index contributed by atoms with van der Waals surface area (Å²) in [5.74, 6) is -0.847. The molecule has 0 fully saturated rings. The molecule has 0 saturated carbocycles. The number of rotatable bonds is 12. The first kappa shape index (κ1) is 33.1. The molecule has 0 spiro atoms. The standard InChI is InChI=1S/C34H30BrF4N3O4/c35-27-11-7-22(8-12-27)20-33(32(44)42-40-21-23-17-26(34(37,38)39)19-28(36)18-23)30(24-5-2-1-3-6-24)46-31(41-33)25-9-13-29(14-10-25)45-16-4-15-43/h1-3,5-14,17-19,30,40,43H,4,15-16,20-21H2,(H,42,44)/t30-,33-/m0/s1. The molecule has 0 aliphatic carbocycles. The first-order chi connectivity index (χ1) is 22.1. The number of hydrogen-bond acceptors (Lipinski definition) is 6. The number of nitrogens with one attached hydrogen (secondary N) is 2. The maximum absolute atomic E-state index is 14.2. The number of hydrogen-bond donors (Lipinski definition) is 3. The van der Waals surface area contributed by atoms with Crippen LogP contribution in [0.1, 0.15) is 40.3 Å². The number of carbonyl (C=O) groups is 1. The number of hydrazine groups is 1. The smallest absolute Gasteiger partial charge is 0.416 e. The number of ether oxygens (including phenoxy) is 2. The fraction of sp³-hybridized carbons (Fsp3) is 0.235. The second kappa shape index (κ2) is 14.4. The normalized spacial score (nSPS) is 17.7. The lowest BCUT2D eigenvalue weighted by atomic mass is 9.82. The van der Waals surface area contributed by atoms with Crippen molar-refractivity contribution in [3.8, 4) is 5.75 Å². The molecule has 2 atom stereocenters. The summed E-state index contributed by atoms with van der Waals surface area (Å²) in [5.41, 5.74) is 4.61. The average molecular weight is 701 g/mol. The monoisotopic (exact) mass is 699 g/mol. The zero-order valence-electron chi connectivity index (χ0n) is 24.4. The van der Waals surface area contributed by atoms with Crippen LogP contribution in [-0.2, 0) is 28.7 Å². The Bertz CT molecular complexity index is 1670. The van der Waals surface area contributed by atoms with Gasteiger partial charge in [-0.2, -0.15) is 13.2 Å². The molecule has 46 heavy (non-hydrogen) atoms. The van der Waals surface area contributed by atoms with Crippen molar-refractivity contribution in [2.24, 2.45) is 4.99 Å². The van der Waals surface area contributed by atoms with Gasteiger partial charge in [-0.1, -0.05) is 58.4 Å². The van der Waals surface area contributed by atoms with Gasteiger partial charge in [-0.25, -0.2) is 14.8 Å². The Hall–Kier alpha value is -4.26.